The number of rotatable bonds is 6. The van der Waals surface area contributed by atoms with Gasteiger partial charge in [-0.05, 0) is 17.0 Å². The second-order valence-corrected chi connectivity index (χ2v) is 5.60. The molecule has 2 aromatic carbocycles. The summed E-state index contributed by atoms with van der Waals surface area (Å²) in [6, 6.07) is 19.0. The minimum absolute atomic E-state index is 0.575. The highest BCUT2D eigenvalue weighted by Crippen LogP contribution is 2.16. The molecule has 0 unspecified atom stereocenters. The van der Waals surface area contributed by atoms with Gasteiger partial charge in [-0.1, -0.05) is 68.4 Å². The highest BCUT2D eigenvalue weighted by Gasteiger charge is 1.99. The Morgan fingerprint density at radius 1 is 1.05 bits per heavy atom. The monoisotopic (exact) mass is 292 g/mol. The average Bonchev–Trinajstić information content (AvgIpc) is 2.55. The first-order valence-electron chi connectivity index (χ1n) is 7.75. The van der Waals surface area contributed by atoms with E-state index in [1.54, 1.807) is 0 Å². The number of nitrogens with zero attached hydrogens (tertiary/aromatic N) is 1. The van der Waals surface area contributed by atoms with Crippen LogP contribution in [0.3, 0.4) is 0 Å². The van der Waals surface area contributed by atoms with Gasteiger partial charge in [0.25, 0.3) is 0 Å². The fourth-order valence-electron chi connectivity index (χ4n) is 2.23. The molecule has 2 heteroatoms. The minimum atomic E-state index is 0.575. The van der Waals surface area contributed by atoms with Gasteiger partial charge < -0.3 is 5.32 Å². The van der Waals surface area contributed by atoms with Crippen LogP contribution in [0.1, 0.15) is 36.5 Å². The second kappa shape index (κ2) is 8.18. The molecule has 0 bridgehead atoms. The number of hydrogen-bond donors (Lipinski definition) is 1. The van der Waals surface area contributed by atoms with E-state index in [4.69, 9.17) is 0 Å². The first-order valence-corrected chi connectivity index (χ1v) is 7.75. The van der Waals surface area contributed by atoms with Crippen molar-refractivity contribution in [3.05, 3.63) is 77.5 Å². The van der Waals surface area contributed by atoms with E-state index in [0.717, 1.165) is 17.7 Å². The SMILES string of the molecule is CN/C=C(\N=CCc1ccc(C(C)C)cc1)c1ccccc1. The molecule has 2 rings (SSSR count). The Bertz CT molecular complexity index is 623. The van der Waals surface area contributed by atoms with E-state index in [1.165, 1.54) is 11.1 Å². The smallest absolute Gasteiger partial charge is 0.0854 e. The van der Waals surface area contributed by atoms with Gasteiger partial charge in [0.15, 0.2) is 0 Å². The number of nitrogens with one attached hydrogen (secondary N) is 1. The molecule has 114 valence electrons. The zero-order chi connectivity index (χ0) is 15.8. The van der Waals surface area contributed by atoms with Gasteiger partial charge in [-0.25, -0.2) is 0 Å². The molecule has 0 saturated heterocycles. The van der Waals surface area contributed by atoms with Gasteiger partial charge in [-0.2, -0.15) is 0 Å². The first-order chi connectivity index (χ1) is 10.7. The summed E-state index contributed by atoms with van der Waals surface area (Å²) in [4.78, 5) is 4.61. The zero-order valence-corrected chi connectivity index (χ0v) is 13.6. The summed E-state index contributed by atoms with van der Waals surface area (Å²) in [6.45, 7) is 4.43. The van der Waals surface area contributed by atoms with Gasteiger partial charge in [0.1, 0.15) is 0 Å². The summed E-state index contributed by atoms with van der Waals surface area (Å²) in [5.41, 5.74) is 4.72. The molecular weight excluding hydrogens is 268 g/mol. The molecule has 0 atom stereocenters. The Balaban J connectivity index is 2.05. The Labute approximate surface area is 133 Å². The molecule has 0 spiro atoms. The van der Waals surface area contributed by atoms with Gasteiger partial charge in [0.2, 0.25) is 0 Å². The van der Waals surface area contributed by atoms with E-state index in [0.29, 0.717) is 5.92 Å². The van der Waals surface area contributed by atoms with Crippen molar-refractivity contribution in [3.63, 3.8) is 0 Å². The molecule has 0 radical (unpaired) electrons. The third-order valence-electron chi connectivity index (χ3n) is 3.55. The lowest BCUT2D eigenvalue weighted by atomic mass is 10.0. The topological polar surface area (TPSA) is 24.4 Å². The molecule has 0 amide bonds. The van der Waals surface area contributed by atoms with Crippen molar-refractivity contribution in [3.8, 4) is 0 Å². The molecule has 0 fully saturated rings. The van der Waals surface area contributed by atoms with Crippen molar-refractivity contribution >= 4 is 11.9 Å². The Morgan fingerprint density at radius 2 is 1.73 bits per heavy atom. The van der Waals surface area contributed by atoms with Gasteiger partial charge >= 0.3 is 0 Å². The van der Waals surface area contributed by atoms with E-state index < -0.39 is 0 Å². The van der Waals surface area contributed by atoms with E-state index in [-0.39, 0.29) is 0 Å². The molecule has 0 aromatic heterocycles. The standard InChI is InChI=1S/C20H24N2/c1-16(2)18-11-9-17(10-12-18)13-14-22-20(15-21-3)19-7-5-4-6-8-19/h4-12,14-16,21H,13H2,1-3H3/b20-15-,22-14?. The largest absolute Gasteiger partial charge is 0.392 e. The summed E-state index contributed by atoms with van der Waals surface area (Å²) in [7, 11) is 1.89. The summed E-state index contributed by atoms with van der Waals surface area (Å²) < 4.78 is 0. The zero-order valence-electron chi connectivity index (χ0n) is 13.6. The molecule has 0 saturated carbocycles. The summed E-state index contributed by atoms with van der Waals surface area (Å²) >= 11 is 0. The highest BCUT2D eigenvalue weighted by atomic mass is 14.8. The second-order valence-electron chi connectivity index (χ2n) is 5.60. The van der Waals surface area contributed by atoms with Crippen molar-refractivity contribution in [1.29, 1.82) is 0 Å². The van der Waals surface area contributed by atoms with Crippen molar-refractivity contribution in [1.82, 2.24) is 5.32 Å². The van der Waals surface area contributed by atoms with Gasteiger partial charge in [0.05, 0.1) is 5.70 Å². The quantitative estimate of drug-likeness (QED) is 0.771. The van der Waals surface area contributed by atoms with E-state index in [9.17, 15) is 0 Å². The molecule has 0 aliphatic carbocycles. The molecular formula is C20H24N2. The predicted molar refractivity (Wildman–Crippen MR) is 96.2 cm³/mol. The Morgan fingerprint density at radius 3 is 2.32 bits per heavy atom. The molecule has 0 aliphatic heterocycles. The maximum Gasteiger partial charge on any atom is 0.0854 e. The number of aliphatic imine (C=N–C) groups is 1. The number of hydrogen-bond acceptors (Lipinski definition) is 2. The van der Waals surface area contributed by atoms with Crippen molar-refractivity contribution in [2.45, 2.75) is 26.2 Å². The lowest BCUT2D eigenvalue weighted by Gasteiger charge is -2.05. The lowest BCUT2D eigenvalue weighted by molar-refractivity contribution is 0.866. The van der Waals surface area contributed by atoms with Gasteiger partial charge in [0, 0.05) is 31.4 Å². The van der Waals surface area contributed by atoms with E-state index in [2.05, 4.69) is 60.6 Å². The highest BCUT2D eigenvalue weighted by molar-refractivity contribution is 5.74. The molecule has 1 N–H and O–H groups in total. The van der Waals surface area contributed by atoms with Gasteiger partial charge in [-0.3, -0.25) is 4.99 Å². The number of benzene rings is 2. The third-order valence-corrected chi connectivity index (χ3v) is 3.55. The van der Waals surface area contributed by atoms with Crippen molar-refractivity contribution in [2.75, 3.05) is 7.05 Å². The minimum Gasteiger partial charge on any atom is -0.392 e. The van der Waals surface area contributed by atoms with Crippen LogP contribution in [0, 0.1) is 0 Å². The summed E-state index contributed by atoms with van der Waals surface area (Å²) in [5, 5.41) is 3.06. The van der Waals surface area contributed by atoms with Crippen LogP contribution in [-0.4, -0.2) is 13.3 Å². The Hall–Kier alpha value is -2.35. The van der Waals surface area contributed by atoms with Crippen LogP contribution in [0.15, 0.2) is 65.8 Å². The molecule has 2 aromatic rings. The molecule has 0 heterocycles. The average molecular weight is 292 g/mol. The van der Waals surface area contributed by atoms with Crippen molar-refractivity contribution in [2.24, 2.45) is 4.99 Å². The van der Waals surface area contributed by atoms with Gasteiger partial charge in [-0.15, -0.1) is 0 Å². The molecule has 0 aliphatic rings. The van der Waals surface area contributed by atoms with Crippen LogP contribution in [-0.2, 0) is 6.42 Å². The maximum absolute atomic E-state index is 4.61. The molecule has 22 heavy (non-hydrogen) atoms. The van der Waals surface area contributed by atoms with E-state index in [1.807, 2.05) is 37.7 Å². The van der Waals surface area contributed by atoms with Crippen LogP contribution in [0.4, 0.5) is 0 Å². The summed E-state index contributed by atoms with van der Waals surface area (Å²) in [5.74, 6) is 0.575. The van der Waals surface area contributed by atoms with Crippen LogP contribution in [0.25, 0.3) is 5.70 Å². The Kier molecular flexibility index (Phi) is 5.96. The lowest BCUT2D eigenvalue weighted by Crippen LogP contribution is -1.96. The normalized spacial score (nSPS) is 12.1. The maximum atomic E-state index is 4.61. The van der Waals surface area contributed by atoms with E-state index >= 15 is 0 Å². The first kappa shape index (κ1) is 16.0. The van der Waals surface area contributed by atoms with Crippen LogP contribution < -0.4 is 5.32 Å². The fourth-order valence-corrected chi connectivity index (χ4v) is 2.23. The summed E-state index contributed by atoms with van der Waals surface area (Å²) in [6.07, 6.45) is 4.74. The molecule has 2 nitrogen and oxygen atoms in total. The van der Waals surface area contributed by atoms with Crippen LogP contribution >= 0.6 is 0 Å². The van der Waals surface area contributed by atoms with Crippen LogP contribution in [0.5, 0.6) is 0 Å². The predicted octanol–water partition coefficient (Wildman–Crippen LogP) is 4.64. The van der Waals surface area contributed by atoms with Crippen LogP contribution in [0.2, 0.25) is 0 Å². The third kappa shape index (κ3) is 4.59. The van der Waals surface area contributed by atoms with Crippen molar-refractivity contribution < 1.29 is 0 Å². The fraction of sp³-hybridized carbons (Fsp3) is 0.250.